The number of benzene rings is 1. The molecule has 7 heteroatoms. The van der Waals surface area contributed by atoms with E-state index >= 15 is 0 Å². The van der Waals surface area contributed by atoms with Gasteiger partial charge in [0.1, 0.15) is 11.4 Å². The molecule has 4 nitrogen and oxygen atoms in total. The van der Waals surface area contributed by atoms with Gasteiger partial charge in [-0.05, 0) is 6.07 Å². The second kappa shape index (κ2) is 4.91. The summed E-state index contributed by atoms with van der Waals surface area (Å²) in [6, 6.07) is 0.519. The summed E-state index contributed by atoms with van der Waals surface area (Å²) < 4.78 is 40.7. The summed E-state index contributed by atoms with van der Waals surface area (Å²) in [5.74, 6) is -8.03. The minimum atomic E-state index is -1.93. The molecule has 0 atom stereocenters. The van der Waals surface area contributed by atoms with E-state index in [0.29, 0.717) is 6.07 Å². The number of hydrogen-bond acceptors (Lipinski definition) is 2. The second-order valence-corrected chi connectivity index (χ2v) is 4.67. The number of hydrogen-bond donors (Lipinski definition) is 2. The first-order chi connectivity index (χ1) is 8.58. The first-order valence-corrected chi connectivity index (χ1v) is 5.21. The highest BCUT2D eigenvalue weighted by Gasteiger charge is 2.32. The van der Waals surface area contributed by atoms with E-state index in [0.717, 1.165) is 0 Å². The van der Waals surface area contributed by atoms with Crippen LogP contribution in [0.4, 0.5) is 13.2 Å². The Morgan fingerprint density at radius 1 is 1.16 bits per heavy atom. The van der Waals surface area contributed by atoms with Gasteiger partial charge in [-0.3, -0.25) is 4.79 Å². The molecule has 0 unspecified atom stereocenters. The van der Waals surface area contributed by atoms with Gasteiger partial charge in [0.2, 0.25) is 0 Å². The summed E-state index contributed by atoms with van der Waals surface area (Å²) in [5.41, 5.74) is -3.29. The zero-order valence-electron chi connectivity index (χ0n) is 10.1. The van der Waals surface area contributed by atoms with Crippen LogP contribution in [0.25, 0.3) is 0 Å². The molecule has 1 aromatic carbocycles. The quantitative estimate of drug-likeness (QED) is 0.829. The maximum atomic E-state index is 13.8. The van der Waals surface area contributed by atoms with Crippen molar-refractivity contribution in [1.29, 1.82) is 0 Å². The Morgan fingerprint density at radius 3 is 2.11 bits per heavy atom. The molecule has 0 amide bonds. The minimum absolute atomic E-state index is 0.519. The predicted molar refractivity (Wildman–Crippen MR) is 58.6 cm³/mol. The zero-order valence-corrected chi connectivity index (χ0v) is 10.1. The van der Waals surface area contributed by atoms with Gasteiger partial charge in [0.05, 0.1) is 6.42 Å². The summed E-state index contributed by atoms with van der Waals surface area (Å²) in [7, 11) is 0. The lowest BCUT2D eigenvalue weighted by Crippen LogP contribution is -2.25. The Hall–Kier alpha value is -2.05. The van der Waals surface area contributed by atoms with E-state index < -0.39 is 52.4 Å². The molecule has 0 bridgehead atoms. The van der Waals surface area contributed by atoms with Crippen molar-refractivity contribution in [2.75, 3.05) is 0 Å². The lowest BCUT2D eigenvalue weighted by Gasteiger charge is -2.24. The van der Waals surface area contributed by atoms with E-state index in [2.05, 4.69) is 0 Å². The van der Waals surface area contributed by atoms with Gasteiger partial charge < -0.3 is 10.2 Å². The van der Waals surface area contributed by atoms with Gasteiger partial charge in [0.15, 0.2) is 11.6 Å². The summed E-state index contributed by atoms with van der Waals surface area (Å²) in [6.07, 6.45) is -0.560. The van der Waals surface area contributed by atoms with Crippen LogP contribution in [-0.4, -0.2) is 22.2 Å². The van der Waals surface area contributed by atoms with Crippen LogP contribution in [0, 0.1) is 17.5 Å². The van der Waals surface area contributed by atoms with Gasteiger partial charge in [-0.1, -0.05) is 13.8 Å². The van der Waals surface area contributed by atoms with Crippen molar-refractivity contribution < 1.29 is 33.0 Å². The molecular weight excluding hydrogens is 265 g/mol. The summed E-state index contributed by atoms with van der Waals surface area (Å²) >= 11 is 0. The van der Waals surface area contributed by atoms with Crippen molar-refractivity contribution in [1.82, 2.24) is 0 Å². The lowest BCUT2D eigenvalue weighted by atomic mass is 9.80. The van der Waals surface area contributed by atoms with Crippen LogP contribution in [0.1, 0.15) is 36.2 Å². The molecule has 0 spiro atoms. The topological polar surface area (TPSA) is 74.6 Å². The van der Waals surface area contributed by atoms with Crippen molar-refractivity contribution in [3.05, 3.63) is 34.6 Å². The Labute approximate surface area is 106 Å². The normalized spacial score (nSPS) is 11.4. The molecule has 0 aromatic heterocycles. The van der Waals surface area contributed by atoms with Gasteiger partial charge in [0.25, 0.3) is 0 Å². The SMILES string of the molecule is CC(C)(CC(=O)O)c1cc(F)c(C(=O)O)c(F)c1F. The minimum Gasteiger partial charge on any atom is -0.481 e. The van der Waals surface area contributed by atoms with Gasteiger partial charge in [-0.25, -0.2) is 18.0 Å². The standard InChI is InChI=1S/C12H11F3O4/c1-12(2,4-7(16)17)5-3-6(13)8(11(18)19)10(15)9(5)14/h3H,4H2,1-2H3,(H,16,17)(H,18,19). The van der Waals surface area contributed by atoms with E-state index in [1.54, 1.807) is 0 Å². The fraction of sp³-hybridized carbons (Fsp3) is 0.333. The number of halogens is 3. The third-order valence-corrected chi connectivity index (χ3v) is 2.69. The van der Waals surface area contributed by atoms with Crippen molar-refractivity contribution in [3.8, 4) is 0 Å². The number of carboxylic acid groups (broad SMARTS) is 2. The molecular formula is C12H11F3O4. The Bertz CT molecular complexity index is 552. The largest absolute Gasteiger partial charge is 0.481 e. The number of aromatic carboxylic acids is 1. The molecule has 1 rings (SSSR count). The smallest absolute Gasteiger partial charge is 0.341 e. The average molecular weight is 276 g/mol. The zero-order chi connectivity index (χ0) is 15.0. The molecule has 0 fully saturated rings. The number of rotatable bonds is 4. The van der Waals surface area contributed by atoms with Crippen LogP contribution in [0.2, 0.25) is 0 Å². The molecule has 0 radical (unpaired) electrons. The molecule has 0 aliphatic rings. The van der Waals surface area contributed by atoms with E-state index in [4.69, 9.17) is 10.2 Å². The molecule has 0 aliphatic carbocycles. The maximum Gasteiger partial charge on any atom is 0.341 e. The number of carboxylic acids is 2. The van der Waals surface area contributed by atoms with Crippen molar-refractivity contribution in [2.45, 2.75) is 25.7 Å². The van der Waals surface area contributed by atoms with Crippen LogP contribution in [0.15, 0.2) is 6.07 Å². The van der Waals surface area contributed by atoms with E-state index in [1.165, 1.54) is 13.8 Å². The van der Waals surface area contributed by atoms with Crippen LogP contribution in [-0.2, 0) is 10.2 Å². The van der Waals surface area contributed by atoms with Crippen LogP contribution >= 0.6 is 0 Å². The van der Waals surface area contributed by atoms with Gasteiger partial charge in [-0.15, -0.1) is 0 Å². The predicted octanol–water partition coefficient (Wildman–Crippen LogP) is 2.55. The fourth-order valence-electron chi connectivity index (χ4n) is 1.76. The molecule has 0 saturated heterocycles. The van der Waals surface area contributed by atoms with Gasteiger partial charge in [0, 0.05) is 11.0 Å². The van der Waals surface area contributed by atoms with Crippen molar-refractivity contribution >= 4 is 11.9 Å². The summed E-state index contributed by atoms with van der Waals surface area (Å²) in [4.78, 5) is 21.2. The molecule has 2 N–H and O–H groups in total. The first kappa shape index (κ1) is 15.0. The highest BCUT2D eigenvalue weighted by molar-refractivity contribution is 5.88. The molecule has 19 heavy (non-hydrogen) atoms. The lowest BCUT2D eigenvalue weighted by molar-refractivity contribution is -0.138. The van der Waals surface area contributed by atoms with Gasteiger partial charge >= 0.3 is 11.9 Å². The number of aliphatic carboxylic acids is 1. The average Bonchev–Trinajstić information content (AvgIpc) is 2.20. The van der Waals surface area contributed by atoms with Crippen LogP contribution in [0.3, 0.4) is 0 Å². The van der Waals surface area contributed by atoms with Crippen molar-refractivity contribution in [2.24, 2.45) is 0 Å². The van der Waals surface area contributed by atoms with Crippen LogP contribution in [0.5, 0.6) is 0 Å². The molecule has 1 aromatic rings. The van der Waals surface area contributed by atoms with E-state index in [-0.39, 0.29) is 0 Å². The Morgan fingerprint density at radius 2 is 1.68 bits per heavy atom. The Kier molecular flexibility index (Phi) is 3.88. The monoisotopic (exact) mass is 276 g/mol. The molecule has 0 aliphatic heterocycles. The maximum absolute atomic E-state index is 13.8. The third-order valence-electron chi connectivity index (χ3n) is 2.69. The Balaban J connectivity index is 3.48. The fourth-order valence-corrected chi connectivity index (χ4v) is 1.76. The second-order valence-electron chi connectivity index (χ2n) is 4.67. The first-order valence-electron chi connectivity index (χ1n) is 5.21. The highest BCUT2D eigenvalue weighted by atomic mass is 19.2. The molecule has 104 valence electrons. The molecule has 0 heterocycles. The van der Waals surface area contributed by atoms with E-state index in [1.807, 2.05) is 0 Å². The third kappa shape index (κ3) is 2.86. The summed E-state index contributed by atoms with van der Waals surface area (Å²) in [6.45, 7) is 2.58. The van der Waals surface area contributed by atoms with Crippen LogP contribution < -0.4 is 0 Å². The number of carbonyl (C=O) groups is 2. The van der Waals surface area contributed by atoms with Crippen molar-refractivity contribution in [3.63, 3.8) is 0 Å². The molecule has 0 saturated carbocycles. The summed E-state index contributed by atoms with van der Waals surface area (Å²) in [5, 5.41) is 17.2. The van der Waals surface area contributed by atoms with Gasteiger partial charge in [-0.2, -0.15) is 0 Å². The highest BCUT2D eigenvalue weighted by Crippen LogP contribution is 2.32. The van der Waals surface area contributed by atoms with E-state index in [9.17, 15) is 22.8 Å².